The zero-order chi connectivity index (χ0) is 20.8. The van der Waals surface area contributed by atoms with Crippen molar-refractivity contribution >= 4 is 26.7 Å². The van der Waals surface area contributed by atoms with Gasteiger partial charge in [0.25, 0.3) is 10.0 Å². The fraction of sp³-hybridized carbons (Fsp3) is 0.417. The van der Waals surface area contributed by atoms with Crippen LogP contribution in [0.3, 0.4) is 0 Å². The summed E-state index contributed by atoms with van der Waals surface area (Å²) in [6, 6.07) is 12.4. The minimum Gasteiger partial charge on any atom is -0.461 e. The van der Waals surface area contributed by atoms with E-state index in [-0.39, 0.29) is 10.3 Å². The lowest BCUT2D eigenvalue weighted by Gasteiger charge is -2.36. The van der Waals surface area contributed by atoms with E-state index in [2.05, 4.69) is 25.5 Å². The minimum absolute atomic E-state index is 0.266. The Labute approximate surface area is 173 Å². The van der Waals surface area contributed by atoms with E-state index in [1.807, 2.05) is 19.1 Å². The van der Waals surface area contributed by atoms with Gasteiger partial charge in [0.1, 0.15) is 11.3 Å². The predicted octanol–water partition coefficient (Wildman–Crippen LogP) is 6.08. The van der Waals surface area contributed by atoms with Gasteiger partial charge in [-0.25, -0.2) is 8.42 Å². The molecule has 0 saturated carbocycles. The SMILES string of the molecule is CCC(C)(C)[C@@H]1CCc2oc3ccc(NS(=O)(=O)c4ccc(C)cc4)cc3c2C1. The van der Waals surface area contributed by atoms with E-state index >= 15 is 0 Å². The monoisotopic (exact) mass is 411 g/mol. The number of nitrogens with one attached hydrogen (secondary N) is 1. The molecular formula is C24H29NO3S. The van der Waals surface area contributed by atoms with Crippen molar-refractivity contribution in [3.8, 4) is 0 Å². The van der Waals surface area contributed by atoms with Gasteiger partial charge >= 0.3 is 0 Å². The lowest BCUT2D eigenvalue weighted by Crippen LogP contribution is -2.28. The smallest absolute Gasteiger partial charge is 0.261 e. The molecule has 0 fully saturated rings. The van der Waals surface area contributed by atoms with Crippen LogP contribution in [0.1, 0.15) is 50.5 Å². The molecule has 0 radical (unpaired) electrons. The highest BCUT2D eigenvalue weighted by Crippen LogP contribution is 2.43. The van der Waals surface area contributed by atoms with E-state index in [0.717, 1.165) is 48.0 Å². The molecule has 0 unspecified atom stereocenters. The van der Waals surface area contributed by atoms with Gasteiger partial charge in [-0.05, 0) is 61.4 Å². The van der Waals surface area contributed by atoms with E-state index in [4.69, 9.17) is 4.42 Å². The van der Waals surface area contributed by atoms with Crippen LogP contribution in [0.25, 0.3) is 11.0 Å². The van der Waals surface area contributed by atoms with Gasteiger partial charge in [-0.15, -0.1) is 0 Å². The number of fused-ring (bicyclic) bond motifs is 3. The van der Waals surface area contributed by atoms with Crippen molar-refractivity contribution in [3.05, 3.63) is 59.4 Å². The Kier molecular flexibility index (Phi) is 4.97. The van der Waals surface area contributed by atoms with Crippen LogP contribution in [0.4, 0.5) is 5.69 Å². The van der Waals surface area contributed by atoms with Crippen LogP contribution in [0.2, 0.25) is 0 Å². The lowest BCUT2D eigenvalue weighted by molar-refractivity contribution is 0.179. The maximum absolute atomic E-state index is 12.8. The van der Waals surface area contributed by atoms with Crippen LogP contribution in [-0.2, 0) is 22.9 Å². The first-order valence-electron chi connectivity index (χ1n) is 10.3. The first-order chi connectivity index (χ1) is 13.7. The van der Waals surface area contributed by atoms with Crippen molar-refractivity contribution in [3.63, 3.8) is 0 Å². The summed E-state index contributed by atoms with van der Waals surface area (Å²) >= 11 is 0. The first-order valence-corrected chi connectivity index (χ1v) is 11.8. The Morgan fingerprint density at radius 2 is 1.86 bits per heavy atom. The number of benzene rings is 2. The number of anilines is 1. The van der Waals surface area contributed by atoms with Gasteiger partial charge in [-0.2, -0.15) is 0 Å². The second-order valence-corrected chi connectivity index (χ2v) is 10.6. The third-order valence-corrected chi connectivity index (χ3v) is 8.04. The molecule has 0 amide bonds. The standard InChI is InChI=1S/C24H29NO3S/c1-5-24(3,4)17-8-12-22-20(14-17)21-15-18(9-13-23(21)28-22)25-29(26,27)19-10-6-16(2)7-11-19/h6-7,9-11,13,15,17,25H,5,8,12,14H2,1-4H3/t17-/m1/s1. The highest BCUT2D eigenvalue weighted by molar-refractivity contribution is 7.92. The van der Waals surface area contributed by atoms with E-state index in [1.54, 1.807) is 30.3 Å². The molecule has 0 spiro atoms. The molecule has 0 aliphatic heterocycles. The van der Waals surface area contributed by atoms with Crippen molar-refractivity contribution in [2.45, 2.75) is 58.3 Å². The van der Waals surface area contributed by atoms with Gasteiger partial charge in [-0.3, -0.25) is 4.72 Å². The molecule has 1 heterocycles. The molecule has 1 aliphatic rings. The summed E-state index contributed by atoms with van der Waals surface area (Å²) in [5.41, 5.74) is 3.96. The van der Waals surface area contributed by atoms with Gasteiger partial charge in [0.15, 0.2) is 0 Å². The zero-order valence-corrected chi connectivity index (χ0v) is 18.4. The lowest BCUT2D eigenvalue weighted by atomic mass is 9.69. The third kappa shape index (κ3) is 3.80. The van der Waals surface area contributed by atoms with E-state index in [9.17, 15) is 8.42 Å². The van der Waals surface area contributed by atoms with E-state index < -0.39 is 10.0 Å². The summed E-state index contributed by atoms with van der Waals surface area (Å²) in [7, 11) is -3.62. The summed E-state index contributed by atoms with van der Waals surface area (Å²) in [6.45, 7) is 8.87. The van der Waals surface area contributed by atoms with Crippen molar-refractivity contribution in [2.75, 3.05) is 4.72 Å². The summed E-state index contributed by atoms with van der Waals surface area (Å²) < 4.78 is 34.3. The van der Waals surface area contributed by atoms with Crippen molar-refractivity contribution in [1.82, 2.24) is 0 Å². The summed E-state index contributed by atoms with van der Waals surface area (Å²) in [5, 5.41) is 1.03. The molecule has 5 heteroatoms. The fourth-order valence-electron chi connectivity index (χ4n) is 4.23. The average Bonchev–Trinajstić information content (AvgIpc) is 3.05. The van der Waals surface area contributed by atoms with E-state index in [1.165, 1.54) is 5.56 Å². The number of furan rings is 1. The van der Waals surface area contributed by atoms with Gasteiger partial charge in [-0.1, -0.05) is 44.9 Å². The van der Waals surface area contributed by atoms with Crippen LogP contribution in [0.5, 0.6) is 0 Å². The topological polar surface area (TPSA) is 59.3 Å². The Bertz CT molecular complexity index is 1140. The van der Waals surface area contributed by atoms with Crippen LogP contribution in [0.15, 0.2) is 51.8 Å². The molecule has 1 N–H and O–H groups in total. The summed E-state index contributed by atoms with van der Waals surface area (Å²) in [4.78, 5) is 0.266. The molecule has 1 atom stereocenters. The molecule has 3 aromatic rings. The molecule has 4 nitrogen and oxygen atoms in total. The van der Waals surface area contributed by atoms with Crippen LogP contribution in [0, 0.1) is 18.3 Å². The molecule has 154 valence electrons. The van der Waals surface area contributed by atoms with Crippen LogP contribution < -0.4 is 4.72 Å². The molecule has 0 saturated heterocycles. The second kappa shape index (κ2) is 7.21. The van der Waals surface area contributed by atoms with Crippen LogP contribution >= 0.6 is 0 Å². The van der Waals surface area contributed by atoms with Gasteiger partial charge in [0.2, 0.25) is 0 Å². The maximum Gasteiger partial charge on any atom is 0.261 e. The molecule has 29 heavy (non-hydrogen) atoms. The normalized spacial score (nSPS) is 17.3. The average molecular weight is 412 g/mol. The second-order valence-electron chi connectivity index (χ2n) is 8.92. The van der Waals surface area contributed by atoms with Crippen molar-refractivity contribution in [2.24, 2.45) is 11.3 Å². The molecule has 0 bridgehead atoms. The fourth-order valence-corrected chi connectivity index (χ4v) is 5.28. The van der Waals surface area contributed by atoms with Gasteiger partial charge in [0.05, 0.1) is 4.90 Å². The number of sulfonamides is 1. The number of aryl methyl sites for hydroxylation is 2. The van der Waals surface area contributed by atoms with Gasteiger partial charge in [0, 0.05) is 23.1 Å². The van der Waals surface area contributed by atoms with Crippen molar-refractivity contribution in [1.29, 1.82) is 0 Å². The Morgan fingerprint density at radius 1 is 1.14 bits per heavy atom. The quantitative estimate of drug-likeness (QED) is 0.553. The molecule has 1 aliphatic carbocycles. The molecular weight excluding hydrogens is 382 g/mol. The van der Waals surface area contributed by atoms with E-state index in [0.29, 0.717) is 11.6 Å². The maximum atomic E-state index is 12.8. The van der Waals surface area contributed by atoms with Crippen LogP contribution in [-0.4, -0.2) is 8.42 Å². The molecule has 4 rings (SSSR count). The molecule has 1 aromatic heterocycles. The highest BCUT2D eigenvalue weighted by Gasteiger charge is 2.33. The predicted molar refractivity (Wildman–Crippen MR) is 118 cm³/mol. The largest absolute Gasteiger partial charge is 0.461 e. The zero-order valence-electron chi connectivity index (χ0n) is 17.6. The first kappa shape index (κ1) is 20.0. The minimum atomic E-state index is -3.62. The third-order valence-electron chi connectivity index (χ3n) is 6.64. The molecule has 2 aromatic carbocycles. The Balaban J connectivity index is 1.67. The summed E-state index contributed by atoms with van der Waals surface area (Å²) in [5.74, 6) is 1.66. The van der Waals surface area contributed by atoms with Crippen molar-refractivity contribution < 1.29 is 12.8 Å². The van der Waals surface area contributed by atoms with Gasteiger partial charge < -0.3 is 4.42 Å². The number of hydrogen-bond donors (Lipinski definition) is 1. The Morgan fingerprint density at radius 3 is 2.55 bits per heavy atom. The Hall–Kier alpha value is -2.27. The summed E-state index contributed by atoms with van der Waals surface area (Å²) in [6.07, 6.45) is 4.21. The highest BCUT2D eigenvalue weighted by atomic mass is 32.2. The number of rotatable bonds is 5. The number of hydrogen-bond acceptors (Lipinski definition) is 3.